The molecule has 0 aliphatic carbocycles. The maximum Gasteiger partial charge on any atom is 0.262 e. The largest absolute Gasteiger partial charge is 0.383 e. The molecule has 34 heavy (non-hydrogen) atoms. The number of carbonyl (C=O) groups excluding carboxylic acids is 2. The molecule has 2 amide bonds. The molecule has 1 atom stereocenters. The number of hydrogen-bond acceptors (Lipinski definition) is 5. The topological polar surface area (TPSA) is 62.2 Å². The Labute approximate surface area is 200 Å². The van der Waals surface area contributed by atoms with Gasteiger partial charge in [-0.1, -0.05) is 36.4 Å². The number of thiophene rings is 1. The van der Waals surface area contributed by atoms with Gasteiger partial charge in [-0.05, 0) is 29.6 Å². The molecule has 0 saturated heterocycles. The maximum absolute atomic E-state index is 14.4. The van der Waals surface area contributed by atoms with E-state index < -0.39 is 29.5 Å². The van der Waals surface area contributed by atoms with Gasteiger partial charge in [-0.25, -0.2) is 13.8 Å². The van der Waals surface area contributed by atoms with Crippen molar-refractivity contribution >= 4 is 28.9 Å². The predicted molar refractivity (Wildman–Crippen MR) is 126 cm³/mol. The van der Waals surface area contributed by atoms with Crippen molar-refractivity contribution in [2.75, 3.05) is 26.8 Å². The van der Waals surface area contributed by atoms with Crippen LogP contribution in [0.2, 0.25) is 0 Å². The lowest BCUT2D eigenvalue weighted by Crippen LogP contribution is -2.43. The number of methoxy groups -OCH3 is 1. The molecule has 2 heterocycles. The molecule has 1 aromatic heterocycles. The van der Waals surface area contributed by atoms with Gasteiger partial charge in [0.1, 0.15) is 18.2 Å². The van der Waals surface area contributed by atoms with Crippen LogP contribution in [0.1, 0.15) is 33.3 Å². The highest BCUT2D eigenvalue weighted by Gasteiger charge is 2.35. The molecule has 4 rings (SSSR count). The van der Waals surface area contributed by atoms with Crippen molar-refractivity contribution in [3.05, 3.63) is 93.7 Å². The van der Waals surface area contributed by atoms with E-state index in [1.807, 2.05) is 17.5 Å². The van der Waals surface area contributed by atoms with Crippen LogP contribution in [0.5, 0.6) is 0 Å². The molecule has 0 unspecified atom stereocenters. The zero-order chi connectivity index (χ0) is 24.1. The minimum absolute atomic E-state index is 0.0940. The van der Waals surface area contributed by atoms with E-state index in [-0.39, 0.29) is 25.3 Å². The Morgan fingerprint density at radius 1 is 1.09 bits per heavy atom. The van der Waals surface area contributed by atoms with Crippen molar-refractivity contribution in [1.82, 2.24) is 9.91 Å². The summed E-state index contributed by atoms with van der Waals surface area (Å²) in [6, 6.07) is 15.2. The second-order valence-corrected chi connectivity index (χ2v) is 8.68. The summed E-state index contributed by atoms with van der Waals surface area (Å²) in [5, 5.41) is 7.67. The number of hydrazone groups is 1. The van der Waals surface area contributed by atoms with Crippen LogP contribution >= 0.6 is 11.3 Å². The fourth-order valence-corrected chi connectivity index (χ4v) is 4.61. The SMILES string of the molecule is COCCN(CC(=O)N1N=C(c2ccccc2F)C[C@H]1c1cccs1)C(=O)c1ccccc1F. The summed E-state index contributed by atoms with van der Waals surface area (Å²) >= 11 is 1.47. The summed E-state index contributed by atoms with van der Waals surface area (Å²) in [7, 11) is 1.48. The third-order valence-corrected chi connectivity index (χ3v) is 6.48. The monoisotopic (exact) mass is 483 g/mol. The summed E-state index contributed by atoms with van der Waals surface area (Å²) < 4.78 is 33.8. The summed E-state index contributed by atoms with van der Waals surface area (Å²) in [4.78, 5) is 28.6. The molecule has 0 spiro atoms. The number of halogens is 2. The summed E-state index contributed by atoms with van der Waals surface area (Å²) in [6.07, 6.45) is 0.340. The summed E-state index contributed by atoms with van der Waals surface area (Å²) in [5.74, 6) is -2.16. The number of amides is 2. The molecule has 9 heteroatoms. The van der Waals surface area contributed by atoms with Crippen LogP contribution in [0.4, 0.5) is 8.78 Å². The van der Waals surface area contributed by atoms with E-state index in [0.717, 1.165) is 4.88 Å². The highest BCUT2D eigenvalue weighted by molar-refractivity contribution is 7.10. The average molecular weight is 484 g/mol. The smallest absolute Gasteiger partial charge is 0.262 e. The van der Waals surface area contributed by atoms with Gasteiger partial charge < -0.3 is 9.64 Å². The molecule has 0 bridgehead atoms. The number of ether oxygens (including phenoxy) is 1. The molecule has 0 radical (unpaired) electrons. The minimum atomic E-state index is -0.667. The number of hydrogen-bond donors (Lipinski definition) is 0. The molecular formula is C25H23F2N3O3S. The van der Waals surface area contributed by atoms with Gasteiger partial charge in [-0.2, -0.15) is 5.10 Å². The van der Waals surface area contributed by atoms with Crippen LogP contribution in [0.25, 0.3) is 0 Å². The van der Waals surface area contributed by atoms with Crippen molar-refractivity contribution in [1.29, 1.82) is 0 Å². The normalized spacial score (nSPS) is 15.3. The molecule has 2 aromatic carbocycles. The zero-order valence-corrected chi connectivity index (χ0v) is 19.3. The van der Waals surface area contributed by atoms with Crippen molar-refractivity contribution in [2.45, 2.75) is 12.5 Å². The van der Waals surface area contributed by atoms with Crippen LogP contribution in [-0.4, -0.2) is 54.2 Å². The molecule has 0 fully saturated rings. The Balaban J connectivity index is 1.62. The fraction of sp³-hybridized carbons (Fsp3) is 0.240. The molecule has 6 nitrogen and oxygen atoms in total. The summed E-state index contributed by atoms with van der Waals surface area (Å²) in [5.41, 5.74) is 0.657. The van der Waals surface area contributed by atoms with Crippen molar-refractivity contribution in [3.63, 3.8) is 0 Å². The lowest BCUT2D eigenvalue weighted by Gasteiger charge is -2.26. The number of carbonyl (C=O) groups is 2. The molecule has 0 N–H and O–H groups in total. The van der Waals surface area contributed by atoms with Crippen LogP contribution < -0.4 is 0 Å². The molecule has 3 aromatic rings. The fourth-order valence-electron chi connectivity index (χ4n) is 3.80. The van der Waals surface area contributed by atoms with E-state index in [4.69, 9.17) is 4.74 Å². The average Bonchev–Trinajstić information content (AvgIpc) is 3.52. The van der Waals surface area contributed by atoms with Gasteiger partial charge in [0.25, 0.3) is 11.8 Å². The maximum atomic E-state index is 14.4. The van der Waals surface area contributed by atoms with E-state index >= 15 is 0 Å². The van der Waals surface area contributed by atoms with Gasteiger partial charge in [-0.3, -0.25) is 9.59 Å². The quantitative estimate of drug-likeness (QED) is 0.474. The van der Waals surface area contributed by atoms with Gasteiger partial charge in [0.05, 0.1) is 23.9 Å². The summed E-state index contributed by atoms with van der Waals surface area (Å²) in [6.45, 7) is -0.0607. The van der Waals surface area contributed by atoms with Gasteiger partial charge in [0, 0.05) is 30.5 Å². The van der Waals surface area contributed by atoms with Crippen molar-refractivity contribution in [3.8, 4) is 0 Å². The second kappa shape index (κ2) is 10.7. The Morgan fingerprint density at radius 2 is 1.82 bits per heavy atom. The Hall–Kier alpha value is -3.43. The van der Waals surface area contributed by atoms with E-state index in [9.17, 15) is 18.4 Å². The van der Waals surface area contributed by atoms with Crippen molar-refractivity contribution in [2.24, 2.45) is 5.10 Å². The van der Waals surface area contributed by atoms with Crippen LogP contribution in [0.3, 0.4) is 0 Å². The Bertz CT molecular complexity index is 1200. The van der Waals surface area contributed by atoms with E-state index in [2.05, 4.69) is 5.10 Å². The molecular weight excluding hydrogens is 460 g/mol. The first kappa shape index (κ1) is 23.7. The lowest BCUT2D eigenvalue weighted by molar-refractivity contribution is -0.133. The van der Waals surface area contributed by atoms with E-state index in [1.165, 1.54) is 52.6 Å². The lowest BCUT2D eigenvalue weighted by atomic mass is 10.0. The van der Waals surface area contributed by atoms with Crippen LogP contribution in [0.15, 0.2) is 71.1 Å². The number of rotatable bonds is 8. The number of benzene rings is 2. The predicted octanol–water partition coefficient (Wildman–Crippen LogP) is 4.49. The van der Waals surface area contributed by atoms with E-state index in [1.54, 1.807) is 24.3 Å². The van der Waals surface area contributed by atoms with E-state index in [0.29, 0.717) is 17.7 Å². The van der Waals surface area contributed by atoms with Crippen molar-refractivity contribution < 1.29 is 23.1 Å². The zero-order valence-electron chi connectivity index (χ0n) is 18.5. The third kappa shape index (κ3) is 5.05. The standard InChI is InChI=1S/C25H23F2N3O3S/c1-33-13-12-29(25(32)18-8-3-5-10-20(18)27)16-24(31)30-22(23-11-6-14-34-23)15-21(28-30)17-7-2-4-9-19(17)26/h2-11,14,22H,12-13,15-16H2,1H3/t22-/m0/s1. The Kier molecular flexibility index (Phi) is 7.44. The highest BCUT2D eigenvalue weighted by Crippen LogP contribution is 2.35. The Morgan fingerprint density at radius 3 is 2.50 bits per heavy atom. The molecule has 0 saturated carbocycles. The highest BCUT2D eigenvalue weighted by atomic mass is 32.1. The van der Waals surface area contributed by atoms with Gasteiger partial charge in [-0.15, -0.1) is 11.3 Å². The van der Waals surface area contributed by atoms with Crippen LogP contribution in [0, 0.1) is 11.6 Å². The first-order valence-corrected chi connectivity index (χ1v) is 11.6. The molecule has 176 valence electrons. The third-order valence-electron chi connectivity index (χ3n) is 5.51. The first-order chi connectivity index (χ1) is 16.5. The minimum Gasteiger partial charge on any atom is -0.383 e. The first-order valence-electron chi connectivity index (χ1n) is 10.7. The molecule has 1 aliphatic heterocycles. The second-order valence-electron chi connectivity index (χ2n) is 7.70. The van der Waals surface area contributed by atoms with Gasteiger partial charge in [0.15, 0.2) is 0 Å². The van der Waals surface area contributed by atoms with Gasteiger partial charge in [0.2, 0.25) is 0 Å². The van der Waals surface area contributed by atoms with Crippen LogP contribution in [-0.2, 0) is 9.53 Å². The number of nitrogens with zero attached hydrogens (tertiary/aromatic N) is 3. The molecule has 1 aliphatic rings. The van der Waals surface area contributed by atoms with Gasteiger partial charge >= 0.3 is 0 Å².